The molecule has 3 rings (SSSR count). The van der Waals surface area contributed by atoms with Crippen LogP contribution < -0.4 is 10.6 Å². The van der Waals surface area contributed by atoms with E-state index in [9.17, 15) is 4.79 Å². The van der Waals surface area contributed by atoms with E-state index in [1.165, 1.54) is 0 Å². The Morgan fingerprint density at radius 1 is 1.17 bits per heavy atom. The molecule has 2 N–H and O–H groups in total. The van der Waals surface area contributed by atoms with Gasteiger partial charge in [-0.1, -0.05) is 55.4 Å². The smallest absolute Gasteiger partial charge is 0.224 e. The molecule has 0 atom stereocenters. The van der Waals surface area contributed by atoms with Crippen LogP contribution in [0.2, 0.25) is 0 Å². The molecule has 2 heterocycles. The number of carbonyl (C=O) groups excluding carboxylic acids is 1. The molecule has 1 amide bonds. The van der Waals surface area contributed by atoms with Crippen LogP contribution in [-0.2, 0) is 17.8 Å². The number of benzene rings is 1. The lowest BCUT2D eigenvalue weighted by Gasteiger charge is -2.09. The zero-order valence-corrected chi connectivity index (χ0v) is 18.8. The van der Waals surface area contributed by atoms with Crippen molar-refractivity contribution >= 4 is 34.5 Å². The Hall–Kier alpha value is -2.61. The van der Waals surface area contributed by atoms with Gasteiger partial charge >= 0.3 is 0 Å². The fraction of sp³-hybridized carbons (Fsp3) is 0.455. The zero-order valence-electron chi connectivity index (χ0n) is 17.9. The van der Waals surface area contributed by atoms with E-state index in [1.807, 2.05) is 35.9 Å². The number of fused-ring (bicyclic) bond motifs is 1. The minimum atomic E-state index is 0.0104. The summed E-state index contributed by atoms with van der Waals surface area (Å²) in [6.07, 6.45) is 4.27. The molecule has 7 nitrogen and oxygen atoms in total. The number of hydrogen-bond acceptors (Lipinski definition) is 6. The third-order valence-corrected chi connectivity index (χ3v) is 5.60. The summed E-state index contributed by atoms with van der Waals surface area (Å²) < 4.78 is 1.84. The van der Waals surface area contributed by atoms with Gasteiger partial charge < -0.3 is 10.6 Å². The summed E-state index contributed by atoms with van der Waals surface area (Å²) in [6, 6.07) is 8.03. The minimum Gasteiger partial charge on any atom is -0.369 e. The number of carbonyl (C=O) groups is 1. The molecule has 2 aromatic heterocycles. The summed E-state index contributed by atoms with van der Waals surface area (Å²) in [7, 11) is 0. The van der Waals surface area contributed by atoms with Crippen molar-refractivity contribution in [3.05, 3.63) is 41.6 Å². The number of rotatable bonds is 11. The molecule has 0 spiro atoms. The zero-order chi connectivity index (χ0) is 21.3. The molecule has 0 aliphatic rings. The van der Waals surface area contributed by atoms with Gasteiger partial charge in [0.05, 0.1) is 24.5 Å². The fourth-order valence-corrected chi connectivity index (χ4v) is 3.80. The van der Waals surface area contributed by atoms with Crippen molar-refractivity contribution in [2.75, 3.05) is 24.2 Å². The number of anilines is 1. The quantitative estimate of drug-likeness (QED) is 0.358. The summed E-state index contributed by atoms with van der Waals surface area (Å²) >= 11 is 1.65. The predicted octanol–water partition coefficient (Wildman–Crippen LogP) is 3.82. The molecule has 0 aliphatic carbocycles. The molecule has 0 radical (unpaired) electrons. The fourth-order valence-electron chi connectivity index (χ4n) is 3.11. The van der Waals surface area contributed by atoms with Crippen molar-refractivity contribution in [3.63, 3.8) is 0 Å². The molecular weight excluding hydrogens is 396 g/mol. The van der Waals surface area contributed by atoms with E-state index in [1.54, 1.807) is 18.0 Å². The standard InChI is InChI=1S/C22H30N6OS/c1-4-9-24-20-18-15-25-28(21(18)27-22(26-20)30-12-5-2)11-10-23-19(29)14-17-8-6-7-16(3)13-17/h6-8,13,15H,4-5,9-12,14H2,1-3H3,(H,23,29)(H,24,26,27). The van der Waals surface area contributed by atoms with Crippen LogP contribution in [0.3, 0.4) is 0 Å². The van der Waals surface area contributed by atoms with Gasteiger partial charge in [-0.25, -0.2) is 14.6 Å². The normalized spacial score (nSPS) is 11.0. The second kappa shape index (κ2) is 11.0. The predicted molar refractivity (Wildman–Crippen MR) is 123 cm³/mol. The van der Waals surface area contributed by atoms with E-state index in [2.05, 4.69) is 34.6 Å². The topological polar surface area (TPSA) is 84.7 Å². The third-order valence-electron chi connectivity index (χ3n) is 4.55. The second-order valence-electron chi connectivity index (χ2n) is 7.25. The Bertz CT molecular complexity index is 987. The van der Waals surface area contributed by atoms with Crippen molar-refractivity contribution in [2.24, 2.45) is 0 Å². The summed E-state index contributed by atoms with van der Waals surface area (Å²) in [6.45, 7) is 8.21. The molecule has 0 aliphatic heterocycles. The van der Waals surface area contributed by atoms with E-state index in [0.29, 0.717) is 19.5 Å². The molecule has 0 unspecified atom stereocenters. The summed E-state index contributed by atoms with van der Waals surface area (Å²) in [5.41, 5.74) is 2.98. The van der Waals surface area contributed by atoms with Gasteiger partial charge in [-0.05, 0) is 25.3 Å². The Morgan fingerprint density at radius 2 is 2.03 bits per heavy atom. The van der Waals surface area contributed by atoms with Crippen LogP contribution in [0.1, 0.15) is 37.8 Å². The van der Waals surface area contributed by atoms with Gasteiger partial charge in [-0.2, -0.15) is 5.10 Å². The van der Waals surface area contributed by atoms with Crippen molar-refractivity contribution in [1.29, 1.82) is 0 Å². The number of nitrogens with zero attached hydrogens (tertiary/aromatic N) is 4. The van der Waals surface area contributed by atoms with E-state index >= 15 is 0 Å². The number of aryl methyl sites for hydroxylation is 1. The van der Waals surface area contributed by atoms with E-state index < -0.39 is 0 Å². The van der Waals surface area contributed by atoms with Gasteiger partial charge in [0.2, 0.25) is 5.91 Å². The summed E-state index contributed by atoms with van der Waals surface area (Å²) in [4.78, 5) is 21.7. The third kappa shape index (κ3) is 5.95. The molecule has 1 aromatic carbocycles. The molecule has 0 bridgehead atoms. The molecule has 160 valence electrons. The number of nitrogens with one attached hydrogen (secondary N) is 2. The Labute approximate surface area is 182 Å². The first-order valence-electron chi connectivity index (χ1n) is 10.5. The average Bonchev–Trinajstić information content (AvgIpc) is 3.13. The van der Waals surface area contributed by atoms with E-state index in [0.717, 1.165) is 58.3 Å². The number of aromatic nitrogens is 4. The van der Waals surface area contributed by atoms with Crippen molar-refractivity contribution in [3.8, 4) is 0 Å². The van der Waals surface area contributed by atoms with Gasteiger partial charge in [0.1, 0.15) is 5.82 Å². The largest absolute Gasteiger partial charge is 0.369 e. The van der Waals surface area contributed by atoms with Crippen LogP contribution in [0, 0.1) is 6.92 Å². The monoisotopic (exact) mass is 426 g/mol. The van der Waals surface area contributed by atoms with Gasteiger partial charge in [0, 0.05) is 18.8 Å². The molecule has 0 fully saturated rings. The first-order valence-corrected chi connectivity index (χ1v) is 11.5. The van der Waals surface area contributed by atoms with Crippen molar-refractivity contribution < 1.29 is 4.79 Å². The van der Waals surface area contributed by atoms with Crippen LogP contribution in [0.5, 0.6) is 0 Å². The Morgan fingerprint density at radius 3 is 2.80 bits per heavy atom. The lowest BCUT2D eigenvalue weighted by molar-refractivity contribution is -0.120. The Kier molecular flexibility index (Phi) is 8.07. The highest BCUT2D eigenvalue weighted by molar-refractivity contribution is 7.99. The number of thioether (sulfide) groups is 1. The highest BCUT2D eigenvalue weighted by Crippen LogP contribution is 2.24. The van der Waals surface area contributed by atoms with E-state index in [-0.39, 0.29) is 5.91 Å². The molecule has 30 heavy (non-hydrogen) atoms. The molecule has 8 heteroatoms. The van der Waals surface area contributed by atoms with Crippen molar-refractivity contribution in [2.45, 2.75) is 51.7 Å². The Balaban J connectivity index is 1.66. The van der Waals surface area contributed by atoms with Crippen LogP contribution in [-0.4, -0.2) is 44.5 Å². The van der Waals surface area contributed by atoms with Crippen LogP contribution >= 0.6 is 11.8 Å². The van der Waals surface area contributed by atoms with Crippen LogP contribution in [0.15, 0.2) is 35.6 Å². The maximum atomic E-state index is 12.3. The molecule has 0 saturated carbocycles. The number of amides is 1. The highest BCUT2D eigenvalue weighted by atomic mass is 32.2. The first-order chi connectivity index (χ1) is 14.6. The van der Waals surface area contributed by atoms with Crippen molar-refractivity contribution in [1.82, 2.24) is 25.1 Å². The average molecular weight is 427 g/mol. The second-order valence-corrected chi connectivity index (χ2v) is 8.31. The van der Waals surface area contributed by atoms with E-state index in [4.69, 9.17) is 4.98 Å². The lowest BCUT2D eigenvalue weighted by Crippen LogP contribution is -2.29. The van der Waals surface area contributed by atoms with Gasteiger partial charge in [0.25, 0.3) is 0 Å². The maximum absolute atomic E-state index is 12.3. The molecular formula is C22H30N6OS. The lowest BCUT2D eigenvalue weighted by atomic mass is 10.1. The SMILES string of the molecule is CCCNc1nc(SCCC)nc2c1cnn2CCNC(=O)Cc1cccc(C)c1. The molecule has 0 saturated heterocycles. The van der Waals surface area contributed by atoms with Gasteiger partial charge in [-0.15, -0.1) is 0 Å². The highest BCUT2D eigenvalue weighted by Gasteiger charge is 2.13. The number of hydrogen-bond donors (Lipinski definition) is 2. The first kappa shape index (κ1) is 22.1. The van der Waals surface area contributed by atoms with Gasteiger partial charge in [0.15, 0.2) is 10.8 Å². The van der Waals surface area contributed by atoms with Crippen LogP contribution in [0.25, 0.3) is 11.0 Å². The molecule has 3 aromatic rings. The minimum absolute atomic E-state index is 0.0104. The van der Waals surface area contributed by atoms with Crippen LogP contribution in [0.4, 0.5) is 5.82 Å². The van der Waals surface area contributed by atoms with Gasteiger partial charge in [-0.3, -0.25) is 4.79 Å². The summed E-state index contributed by atoms with van der Waals surface area (Å²) in [5, 5.41) is 12.5. The summed E-state index contributed by atoms with van der Waals surface area (Å²) in [5.74, 6) is 1.81. The maximum Gasteiger partial charge on any atom is 0.224 e.